The molecule has 2 N–H and O–H groups in total. The molecular formula is C17H22BrCl2N3OS. The number of carbonyl (C=O) groups excluding carboxylic acids is 1. The quantitative estimate of drug-likeness (QED) is 0.747. The second-order valence-electron chi connectivity index (χ2n) is 5.70. The molecule has 1 unspecified atom stereocenters. The Balaban J connectivity index is 0.00000156. The number of nitrogens with two attached hydrogens (primary N) is 1. The third-order valence-corrected chi connectivity index (χ3v) is 5.73. The van der Waals surface area contributed by atoms with Crippen LogP contribution in [0.4, 0.5) is 0 Å². The van der Waals surface area contributed by atoms with Gasteiger partial charge in [0, 0.05) is 37.6 Å². The molecule has 4 nitrogen and oxygen atoms in total. The van der Waals surface area contributed by atoms with Crippen LogP contribution < -0.4 is 5.73 Å². The molecule has 1 amide bonds. The van der Waals surface area contributed by atoms with Crippen LogP contribution in [0.1, 0.15) is 16.5 Å². The molecule has 1 aromatic heterocycles. The Labute approximate surface area is 173 Å². The largest absolute Gasteiger partial charge is 0.338 e. The zero-order valence-electron chi connectivity index (χ0n) is 13.6. The average Bonchev–Trinajstić information content (AvgIpc) is 3.00. The van der Waals surface area contributed by atoms with Gasteiger partial charge in [0.2, 0.25) is 5.91 Å². The Morgan fingerprint density at radius 3 is 2.28 bits per heavy atom. The maximum absolute atomic E-state index is 12.5. The summed E-state index contributed by atoms with van der Waals surface area (Å²) in [5.74, 6) is 0.0229. The lowest BCUT2D eigenvalue weighted by Gasteiger charge is -2.35. The molecule has 1 atom stereocenters. The summed E-state index contributed by atoms with van der Waals surface area (Å²) in [6.07, 6.45) is 0. The van der Waals surface area contributed by atoms with E-state index in [9.17, 15) is 4.79 Å². The Hall–Kier alpha value is -0.630. The molecule has 0 bridgehead atoms. The highest BCUT2D eigenvalue weighted by Crippen LogP contribution is 2.24. The maximum atomic E-state index is 12.5. The number of nitrogens with zero attached hydrogens (tertiary/aromatic N) is 2. The molecule has 8 heteroatoms. The molecule has 0 spiro atoms. The second kappa shape index (κ2) is 10.5. The summed E-state index contributed by atoms with van der Waals surface area (Å²) in [6.45, 7) is 4.21. The lowest BCUT2D eigenvalue weighted by atomic mass is 10.1. The zero-order chi connectivity index (χ0) is 16.2. The van der Waals surface area contributed by atoms with Crippen LogP contribution in [0.25, 0.3) is 0 Å². The van der Waals surface area contributed by atoms with Gasteiger partial charge in [0.15, 0.2) is 0 Å². The summed E-state index contributed by atoms with van der Waals surface area (Å²) in [6, 6.07) is 13.3. The van der Waals surface area contributed by atoms with E-state index in [1.807, 2.05) is 35.2 Å². The highest BCUT2D eigenvalue weighted by molar-refractivity contribution is 9.11. The predicted octanol–water partition coefficient (Wildman–Crippen LogP) is 3.70. The van der Waals surface area contributed by atoms with Gasteiger partial charge in [0.05, 0.1) is 3.79 Å². The number of halogens is 3. The van der Waals surface area contributed by atoms with Crippen LogP contribution in [-0.4, -0.2) is 41.9 Å². The van der Waals surface area contributed by atoms with Crippen molar-refractivity contribution in [2.24, 2.45) is 5.73 Å². The monoisotopic (exact) mass is 465 g/mol. The van der Waals surface area contributed by atoms with E-state index >= 15 is 0 Å². The molecule has 1 aliphatic heterocycles. The summed E-state index contributed by atoms with van der Waals surface area (Å²) in [7, 11) is 0. The van der Waals surface area contributed by atoms with Gasteiger partial charge in [-0.25, -0.2) is 0 Å². The minimum absolute atomic E-state index is 0. The van der Waals surface area contributed by atoms with Crippen LogP contribution in [0, 0.1) is 0 Å². The van der Waals surface area contributed by atoms with Crippen molar-refractivity contribution >= 4 is 58.0 Å². The number of hydrogen-bond acceptors (Lipinski definition) is 4. The van der Waals surface area contributed by atoms with Gasteiger partial charge in [-0.2, -0.15) is 0 Å². The van der Waals surface area contributed by atoms with Crippen molar-refractivity contribution < 1.29 is 4.79 Å². The first-order valence-corrected chi connectivity index (χ1v) is 9.30. The van der Waals surface area contributed by atoms with Gasteiger partial charge in [0.1, 0.15) is 6.04 Å². The van der Waals surface area contributed by atoms with Crippen LogP contribution in [0.15, 0.2) is 46.3 Å². The Kier molecular flexibility index (Phi) is 9.41. The number of piperazine rings is 1. The van der Waals surface area contributed by atoms with E-state index in [2.05, 4.69) is 33.0 Å². The van der Waals surface area contributed by atoms with Gasteiger partial charge in [0.25, 0.3) is 0 Å². The molecule has 0 saturated carbocycles. The topological polar surface area (TPSA) is 49.6 Å². The van der Waals surface area contributed by atoms with Gasteiger partial charge in [-0.1, -0.05) is 30.3 Å². The van der Waals surface area contributed by atoms with Crippen molar-refractivity contribution in [1.29, 1.82) is 0 Å². The fraction of sp³-hybridized carbons (Fsp3) is 0.353. The van der Waals surface area contributed by atoms with Gasteiger partial charge >= 0.3 is 0 Å². The van der Waals surface area contributed by atoms with Crippen LogP contribution in [0.2, 0.25) is 0 Å². The SMILES string of the molecule is Cl.Cl.NC(C(=O)N1CCN(Cc2ccc(Br)s2)CC1)c1ccccc1. The lowest BCUT2D eigenvalue weighted by molar-refractivity contribution is -0.134. The van der Waals surface area contributed by atoms with E-state index in [-0.39, 0.29) is 30.7 Å². The molecule has 3 rings (SSSR count). The van der Waals surface area contributed by atoms with Crippen molar-refractivity contribution in [2.45, 2.75) is 12.6 Å². The van der Waals surface area contributed by atoms with E-state index < -0.39 is 6.04 Å². The Bertz CT molecular complexity index is 663. The predicted molar refractivity (Wildman–Crippen MR) is 112 cm³/mol. The number of benzene rings is 1. The summed E-state index contributed by atoms with van der Waals surface area (Å²) in [5, 5.41) is 0. The number of rotatable bonds is 4. The van der Waals surface area contributed by atoms with Crippen molar-refractivity contribution in [1.82, 2.24) is 9.80 Å². The summed E-state index contributed by atoms with van der Waals surface area (Å²) in [5.41, 5.74) is 7.00. The van der Waals surface area contributed by atoms with Crippen LogP contribution in [-0.2, 0) is 11.3 Å². The second-order valence-corrected chi connectivity index (χ2v) is 8.24. The molecule has 1 saturated heterocycles. The summed E-state index contributed by atoms with van der Waals surface area (Å²) >= 11 is 5.26. The van der Waals surface area contributed by atoms with Crippen LogP contribution in [0.5, 0.6) is 0 Å². The number of carbonyl (C=O) groups is 1. The minimum atomic E-state index is -0.559. The summed E-state index contributed by atoms with van der Waals surface area (Å²) in [4.78, 5) is 18.2. The third kappa shape index (κ3) is 5.94. The molecule has 0 radical (unpaired) electrons. The lowest BCUT2D eigenvalue weighted by Crippen LogP contribution is -2.50. The minimum Gasteiger partial charge on any atom is -0.338 e. The molecular weight excluding hydrogens is 445 g/mol. The molecule has 1 aliphatic rings. The van der Waals surface area contributed by atoms with Crippen LogP contribution >= 0.6 is 52.1 Å². The molecule has 2 heterocycles. The van der Waals surface area contributed by atoms with E-state index in [1.165, 1.54) is 4.88 Å². The fourth-order valence-corrected chi connectivity index (χ4v) is 4.31. The van der Waals surface area contributed by atoms with Crippen molar-refractivity contribution in [3.63, 3.8) is 0 Å². The first-order valence-electron chi connectivity index (χ1n) is 7.69. The Morgan fingerprint density at radius 1 is 1.08 bits per heavy atom. The van der Waals surface area contributed by atoms with E-state index in [0.29, 0.717) is 0 Å². The highest BCUT2D eigenvalue weighted by atomic mass is 79.9. The van der Waals surface area contributed by atoms with Gasteiger partial charge in [-0.3, -0.25) is 9.69 Å². The smallest absolute Gasteiger partial charge is 0.244 e. The van der Waals surface area contributed by atoms with Gasteiger partial charge < -0.3 is 10.6 Å². The van der Waals surface area contributed by atoms with Crippen LogP contribution in [0.3, 0.4) is 0 Å². The van der Waals surface area contributed by atoms with Crippen molar-refractivity contribution in [3.8, 4) is 0 Å². The van der Waals surface area contributed by atoms with E-state index in [1.54, 1.807) is 11.3 Å². The number of hydrogen-bond donors (Lipinski definition) is 1. The van der Waals surface area contributed by atoms with Crippen molar-refractivity contribution in [3.05, 3.63) is 56.7 Å². The fourth-order valence-electron chi connectivity index (χ4n) is 2.78. The molecule has 1 fully saturated rings. The molecule has 0 aliphatic carbocycles. The van der Waals surface area contributed by atoms with E-state index in [0.717, 1.165) is 42.1 Å². The highest BCUT2D eigenvalue weighted by Gasteiger charge is 2.26. The molecule has 2 aromatic rings. The number of thiophene rings is 1. The van der Waals surface area contributed by atoms with Crippen molar-refractivity contribution in [2.75, 3.05) is 26.2 Å². The van der Waals surface area contributed by atoms with Gasteiger partial charge in [-0.05, 0) is 33.6 Å². The first kappa shape index (κ1) is 22.4. The standard InChI is InChI=1S/C17H20BrN3OS.2ClH/c18-15-7-6-14(23-15)12-20-8-10-21(11-9-20)17(22)16(19)13-4-2-1-3-5-13;;/h1-7,16H,8-12,19H2;2*1H. The third-order valence-electron chi connectivity index (χ3n) is 4.12. The molecule has 1 aromatic carbocycles. The summed E-state index contributed by atoms with van der Waals surface area (Å²) < 4.78 is 1.16. The maximum Gasteiger partial charge on any atom is 0.244 e. The number of amides is 1. The van der Waals surface area contributed by atoms with Gasteiger partial charge in [-0.15, -0.1) is 36.2 Å². The zero-order valence-corrected chi connectivity index (χ0v) is 17.7. The van der Waals surface area contributed by atoms with E-state index in [4.69, 9.17) is 5.73 Å². The normalized spacial score (nSPS) is 15.8. The first-order chi connectivity index (χ1) is 11.1. The molecule has 25 heavy (non-hydrogen) atoms. The molecule has 138 valence electrons. The Morgan fingerprint density at radius 2 is 1.72 bits per heavy atom. The average molecular weight is 467 g/mol.